The van der Waals surface area contributed by atoms with Crippen molar-refractivity contribution in [3.8, 4) is 0 Å². The fourth-order valence-electron chi connectivity index (χ4n) is 4.97. The number of piperidine rings is 1. The summed E-state index contributed by atoms with van der Waals surface area (Å²) in [5.74, 6) is -0.134. The van der Waals surface area contributed by atoms with Crippen LogP contribution in [-0.2, 0) is 4.79 Å². The average Bonchev–Trinajstić information content (AvgIpc) is 3.13. The molecule has 172 valence electrons. The van der Waals surface area contributed by atoms with Gasteiger partial charge in [-0.05, 0) is 54.4 Å². The van der Waals surface area contributed by atoms with Crippen molar-refractivity contribution in [3.05, 3.63) is 121 Å². The van der Waals surface area contributed by atoms with E-state index in [9.17, 15) is 4.79 Å². The van der Waals surface area contributed by atoms with Crippen molar-refractivity contribution in [2.24, 2.45) is 11.8 Å². The third kappa shape index (κ3) is 3.77. The van der Waals surface area contributed by atoms with Crippen LogP contribution in [-0.4, -0.2) is 22.4 Å². The van der Waals surface area contributed by atoms with Crippen LogP contribution in [0.4, 0.5) is 0 Å². The van der Waals surface area contributed by atoms with Gasteiger partial charge in [0.15, 0.2) is 0 Å². The number of amides is 1. The van der Waals surface area contributed by atoms with Crippen LogP contribution in [0.1, 0.15) is 24.6 Å². The Hall–Kier alpha value is -3.85. The number of rotatable bonds is 6. The highest BCUT2D eigenvalue weighted by atomic mass is 16.2. The van der Waals surface area contributed by atoms with Crippen LogP contribution in [0, 0.1) is 18.8 Å². The zero-order chi connectivity index (χ0) is 24.6. The Labute approximate surface area is 202 Å². The average molecular weight is 449 g/mol. The lowest BCUT2D eigenvalue weighted by molar-refractivity contribution is -0.132. The molecule has 4 rings (SSSR count). The van der Waals surface area contributed by atoms with E-state index in [4.69, 9.17) is 0 Å². The van der Waals surface area contributed by atoms with Crippen molar-refractivity contribution >= 4 is 28.6 Å². The summed E-state index contributed by atoms with van der Waals surface area (Å²) in [5.41, 5.74) is 8.08. The molecule has 1 aromatic carbocycles. The number of carbonyl (C=O) groups is 1. The van der Waals surface area contributed by atoms with Gasteiger partial charge in [0.25, 0.3) is 0 Å². The molecular weight excluding hydrogens is 416 g/mol. The highest BCUT2D eigenvalue weighted by Crippen LogP contribution is 2.39. The molecule has 0 bridgehead atoms. The summed E-state index contributed by atoms with van der Waals surface area (Å²) in [6.07, 6.45) is 15.0. The largest absolute Gasteiger partial charge is 0.315 e. The minimum atomic E-state index is -0.196. The van der Waals surface area contributed by atoms with E-state index in [0.717, 1.165) is 51.3 Å². The molecule has 1 aromatic heterocycles. The summed E-state index contributed by atoms with van der Waals surface area (Å²) in [6.45, 7) is 21.0. The first-order valence-electron chi connectivity index (χ1n) is 11.6. The number of likely N-dealkylation sites (N-methyl/N-ethyl adjacent to an activating group) is 1. The standard InChI is InChI=1S/C31H32N2O/c1-8-21(4)33-23(6)29(26-15-12-13-17-30(26)33)19-24(9-2)20(3)18-28-22(5)32(7)31(34)27-16-11-10-14-25(27)28/h8,10-19,25,27H,1,3-5,9H2,2,6-7H3/b24-19+,28-18+. The Morgan fingerprint density at radius 2 is 1.79 bits per heavy atom. The van der Waals surface area contributed by atoms with Crippen molar-refractivity contribution in [2.75, 3.05) is 7.05 Å². The van der Waals surface area contributed by atoms with E-state index in [1.54, 1.807) is 18.0 Å². The fraction of sp³-hybridized carbons (Fsp3) is 0.194. The molecule has 34 heavy (non-hydrogen) atoms. The van der Waals surface area contributed by atoms with Gasteiger partial charge in [-0.15, -0.1) is 0 Å². The van der Waals surface area contributed by atoms with Gasteiger partial charge in [-0.25, -0.2) is 0 Å². The van der Waals surface area contributed by atoms with E-state index in [1.807, 2.05) is 24.3 Å². The van der Waals surface area contributed by atoms with Gasteiger partial charge in [0.1, 0.15) is 0 Å². The lowest BCUT2D eigenvalue weighted by Gasteiger charge is -2.38. The molecule has 1 fully saturated rings. The number of aromatic nitrogens is 1. The predicted molar refractivity (Wildman–Crippen MR) is 145 cm³/mol. The molecule has 2 aromatic rings. The van der Waals surface area contributed by atoms with Crippen LogP contribution < -0.4 is 0 Å². The molecular formula is C31H32N2O. The summed E-state index contributed by atoms with van der Waals surface area (Å²) in [7, 11) is 1.80. The fourth-order valence-corrected chi connectivity index (χ4v) is 4.97. The van der Waals surface area contributed by atoms with Crippen LogP contribution in [0.2, 0.25) is 0 Å². The maximum atomic E-state index is 12.8. The van der Waals surface area contributed by atoms with Gasteiger partial charge in [0.05, 0.1) is 11.4 Å². The summed E-state index contributed by atoms with van der Waals surface area (Å²) in [6, 6.07) is 8.35. The van der Waals surface area contributed by atoms with E-state index in [-0.39, 0.29) is 17.7 Å². The second-order valence-electron chi connectivity index (χ2n) is 8.86. The first kappa shape index (κ1) is 23.3. The lowest BCUT2D eigenvalue weighted by atomic mass is 9.76. The number of hydrogen-bond donors (Lipinski definition) is 0. The van der Waals surface area contributed by atoms with E-state index >= 15 is 0 Å². The van der Waals surface area contributed by atoms with Crippen LogP contribution >= 0.6 is 0 Å². The molecule has 0 radical (unpaired) electrons. The Kier molecular flexibility index (Phi) is 6.30. The van der Waals surface area contributed by atoms with E-state index < -0.39 is 0 Å². The van der Waals surface area contributed by atoms with E-state index in [1.165, 1.54) is 5.39 Å². The van der Waals surface area contributed by atoms with E-state index in [2.05, 4.69) is 81.2 Å². The minimum Gasteiger partial charge on any atom is -0.315 e. The first-order valence-corrected chi connectivity index (χ1v) is 11.6. The molecule has 2 unspecified atom stereocenters. The molecule has 0 spiro atoms. The molecule has 1 aliphatic heterocycles. The molecule has 2 atom stereocenters. The molecule has 0 N–H and O–H groups in total. The highest BCUT2D eigenvalue weighted by Gasteiger charge is 2.38. The predicted octanol–water partition coefficient (Wildman–Crippen LogP) is 7.23. The number of para-hydroxylation sites is 1. The highest BCUT2D eigenvalue weighted by molar-refractivity contribution is 5.95. The molecule has 1 amide bonds. The summed E-state index contributed by atoms with van der Waals surface area (Å²) >= 11 is 0. The van der Waals surface area contributed by atoms with Gasteiger partial charge in [-0.1, -0.05) is 75.7 Å². The van der Waals surface area contributed by atoms with Crippen LogP contribution in [0.3, 0.4) is 0 Å². The van der Waals surface area contributed by atoms with Gasteiger partial charge >= 0.3 is 0 Å². The zero-order valence-corrected chi connectivity index (χ0v) is 20.3. The van der Waals surface area contributed by atoms with Crippen molar-refractivity contribution in [1.29, 1.82) is 0 Å². The smallest absolute Gasteiger partial charge is 0.234 e. The minimum absolute atomic E-state index is 0.0179. The van der Waals surface area contributed by atoms with Crippen molar-refractivity contribution in [1.82, 2.24) is 9.47 Å². The Morgan fingerprint density at radius 3 is 2.47 bits per heavy atom. The van der Waals surface area contributed by atoms with E-state index in [0.29, 0.717) is 0 Å². The third-order valence-corrected chi connectivity index (χ3v) is 6.97. The van der Waals surface area contributed by atoms with Gasteiger partial charge in [0, 0.05) is 41.0 Å². The summed E-state index contributed by atoms with van der Waals surface area (Å²) < 4.78 is 2.15. The normalized spacial score (nSPS) is 21.3. The number of fused-ring (bicyclic) bond motifs is 2. The Morgan fingerprint density at radius 1 is 1.12 bits per heavy atom. The van der Waals surface area contributed by atoms with Crippen molar-refractivity contribution < 1.29 is 4.79 Å². The topological polar surface area (TPSA) is 25.2 Å². The molecule has 0 saturated carbocycles. The molecule has 1 aliphatic carbocycles. The Bertz CT molecular complexity index is 1360. The maximum Gasteiger partial charge on any atom is 0.234 e. The van der Waals surface area contributed by atoms with Gasteiger partial charge in [-0.2, -0.15) is 0 Å². The monoisotopic (exact) mass is 448 g/mol. The van der Waals surface area contributed by atoms with Crippen molar-refractivity contribution in [3.63, 3.8) is 0 Å². The van der Waals surface area contributed by atoms with Crippen LogP contribution in [0.15, 0.2) is 109 Å². The number of benzene rings is 1. The lowest BCUT2D eigenvalue weighted by Crippen LogP contribution is -2.42. The quantitative estimate of drug-likeness (QED) is 0.428. The molecule has 3 heteroatoms. The molecule has 1 saturated heterocycles. The molecule has 2 aliphatic rings. The van der Waals surface area contributed by atoms with Crippen LogP contribution in [0.25, 0.3) is 22.7 Å². The van der Waals surface area contributed by atoms with Gasteiger partial charge in [-0.3, -0.25) is 4.79 Å². The number of allylic oxidation sites excluding steroid dienone is 9. The molecule has 2 heterocycles. The second-order valence-corrected chi connectivity index (χ2v) is 8.86. The molecule has 3 nitrogen and oxygen atoms in total. The maximum absolute atomic E-state index is 12.8. The van der Waals surface area contributed by atoms with Crippen LogP contribution in [0.5, 0.6) is 0 Å². The summed E-state index contributed by atoms with van der Waals surface area (Å²) in [5, 5.41) is 1.17. The number of nitrogens with zero attached hydrogens (tertiary/aromatic N) is 2. The second kappa shape index (κ2) is 9.18. The Balaban J connectivity index is 1.80. The number of carbonyl (C=O) groups excluding carboxylic acids is 1. The third-order valence-electron chi connectivity index (χ3n) is 6.97. The summed E-state index contributed by atoms with van der Waals surface area (Å²) in [4.78, 5) is 14.4. The number of hydrogen-bond acceptors (Lipinski definition) is 1. The van der Waals surface area contributed by atoms with Gasteiger partial charge < -0.3 is 9.47 Å². The van der Waals surface area contributed by atoms with Gasteiger partial charge in [0.2, 0.25) is 5.91 Å². The van der Waals surface area contributed by atoms with Crippen molar-refractivity contribution in [2.45, 2.75) is 20.3 Å². The zero-order valence-electron chi connectivity index (χ0n) is 20.3. The SMILES string of the molecule is C=CC(=C)n1c(C)c(/C=C(\CC)C(=C)/C=C2\C(=C)N(C)C(=O)C3C=CC=CC23)c2ccccc21. The first-order chi connectivity index (χ1) is 16.3. The number of likely N-dealkylation sites (tertiary alicyclic amines) is 1.